The first kappa shape index (κ1) is 31.1. The van der Waals surface area contributed by atoms with Gasteiger partial charge in [0.15, 0.2) is 11.5 Å². The molecule has 3 aromatic carbocycles. The molecule has 0 heterocycles. The van der Waals surface area contributed by atoms with Crippen LogP contribution < -0.4 is 14.8 Å². The van der Waals surface area contributed by atoms with Crippen molar-refractivity contribution in [1.82, 2.24) is 10.2 Å². The van der Waals surface area contributed by atoms with Gasteiger partial charge in [-0.15, -0.1) is 0 Å². The van der Waals surface area contributed by atoms with Gasteiger partial charge in [-0.2, -0.15) is 0 Å². The quantitative estimate of drug-likeness (QED) is 0.231. The third kappa shape index (κ3) is 8.85. The van der Waals surface area contributed by atoms with Gasteiger partial charge in [0.1, 0.15) is 6.04 Å². The number of rotatable bonds is 14. The van der Waals surface area contributed by atoms with Crippen molar-refractivity contribution in [3.8, 4) is 11.5 Å². The molecule has 0 bridgehead atoms. The molecule has 1 aliphatic carbocycles. The van der Waals surface area contributed by atoms with Crippen molar-refractivity contribution in [2.24, 2.45) is 0 Å². The Morgan fingerprint density at radius 3 is 2.26 bits per heavy atom. The average Bonchev–Trinajstić information content (AvgIpc) is 3.01. The number of hydrogen-bond acceptors (Lipinski definition) is 4. The van der Waals surface area contributed by atoms with Crippen LogP contribution >= 0.6 is 0 Å². The third-order valence-electron chi connectivity index (χ3n) is 8.06. The average molecular weight is 571 g/mol. The van der Waals surface area contributed by atoms with Crippen LogP contribution in [0.2, 0.25) is 0 Å². The van der Waals surface area contributed by atoms with Gasteiger partial charge in [-0.1, -0.05) is 79.9 Å². The molecule has 1 fully saturated rings. The van der Waals surface area contributed by atoms with E-state index in [9.17, 15) is 9.59 Å². The van der Waals surface area contributed by atoms with Crippen molar-refractivity contribution >= 4 is 11.8 Å². The highest BCUT2D eigenvalue weighted by Gasteiger charge is 2.32. The standard InChI is InChI=1S/C36H46N2O4/c1-4-41-33-22-20-29(25-34(33)42-5-2)21-23-35(39)38(26-30-17-13-12-14-27(30)3)32(24-28-15-8-6-9-16-28)36(40)37-31-18-10-7-11-19-31/h6,8-9,12-17,20,22,25,31-32H,4-5,7,10-11,18-19,21,23-24,26H2,1-3H3,(H,37,40)/t32-/m0/s1. The van der Waals surface area contributed by atoms with Gasteiger partial charge in [-0.25, -0.2) is 0 Å². The van der Waals surface area contributed by atoms with Crippen molar-refractivity contribution in [2.45, 2.75) is 90.8 Å². The molecular formula is C36H46N2O4. The Balaban J connectivity index is 1.61. The maximum Gasteiger partial charge on any atom is 0.243 e. The van der Waals surface area contributed by atoms with Gasteiger partial charge in [0.25, 0.3) is 0 Å². The van der Waals surface area contributed by atoms with Crippen molar-refractivity contribution in [3.63, 3.8) is 0 Å². The molecule has 42 heavy (non-hydrogen) atoms. The van der Waals surface area contributed by atoms with Gasteiger partial charge < -0.3 is 19.7 Å². The third-order valence-corrected chi connectivity index (χ3v) is 8.06. The van der Waals surface area contributed by atoms with Gasteiger partial charge in [0, 0.05) is 25.4 Å². The zero-order valence-electron chi connectivity index (χ0n) is 25.4. The summed E-state index contributed by atoms with van der Waals surface area (Å²) in [5.41, 5.74) is 4.19. The van der Waals surface area contributed by atoms with E-state index in [0.717, 1.165) is 47.9 Å². The number of carbonyl (C=O) groups is 2. The molecule has 0 aliphatic heterocycles. The second-order valence-corrected chi connectivity index (χ2v) is 11.1. The fraction of sp³-hybridized carbons (Fsp3) is 0.444. The van der Waals surface area contributed by atoms with Crippen LogP contribution in [0.3, 0.4) is 0 Å². The van der Waals surface area contributed by atoms with Crippen molar-refractivity contribution in [1.29, 1.82) is 0 Å². The minimum atomic E-state index is -0.610. The number of aryl methyl sites for hydroxylation is 2. The summed E-state index contributed by atoms with van der Waals surface area (Å²) in [6, 6.07) is 23.5. The van der Waals surface area contributed by atoms with E-state index in [4.69, 9.17) is 9.47 Å². The lowest BCUT2D eigenvalue weighted by molar-refractivity contribution is -0.141. The monoisotopic (exact) mass is 570 g/mol. The first-order valence-electron chi connectivity index (χ1n) is 15.5. The van der Waals surface area contributed by atoms with Gasteiger partial charge in [-0.05, 0) is 74.4 Å². The van der Waals surface area contributed by atoms with E-state index in [0.29, 0.717) is 44.1 Å². The molecule has 2 amide bonds. The van der Waals surface area contributed by atoms with Crippen LogP contribution in [-0.2, 0) is 29.0 Å². The molecule has 1 saturated carbocycles. The Labute approximate surface area is 251 Å². The predicted molar refractivity (Wildman–Crippen MR) is 168 cm³/mol. The van der Waals surface area contributed by atoms with Crippen LogP contribution in [-0.4, -0.2) is 42.0 Å². The lowest BCUT2D eigenvalue weighted by Gasteiger charge is -2.34. The second kappa shape index (κ2) is 16.0. The second-order valence-electron chi connectivity index (χ2n) is 11.1. The van der Waals surface area contributed by atoms with E-state index in [2.05, 4.69) is 24.4 Å². The minimum Gasteiger partial charge on any atom is -0.490 e. The van der Waals surface area contributed by atoms with E-state index in [1.54, 1.807) is 0 Å². The van der Waals surface area contributed by atoms with Crippen LogP contribution in [0.4, 0.5) is 0 Å². The molecule has 1 N–H and O–H groups in total. The summed E-state index contributed by atoms with van der Waals surface area (Å²) in [7, 11) is 0. The lowest BCUT2D eigenvalue weighted by atomic mass is 9.94. The van der Waals surface area contributed by atoms with E-state index in [1.807, 2.05) is 79.4 Å². The van der Waals surface area contributed by atoms with Crippen LogP contribution in [0, 0.1) is 6.92 Å². The number of ether oxygens (including phenoxy) is 2. The predicted octanol–water partition coefficient (Wildman–Crippen LogP) is 6.81. The molecular weight excluding hydrogens is 524 g/mol. The number of hydrogen-bond donors (Lipinski definition) is 1. The van der Waals surface area contributed by atoms with Crippen LogP contribution in [0.5, 0.6) is 11.5 Å². The van der Waals surface area contributed by atoms with E-state index in [1.165, 1.54) is 6.42 Å². The number of carbonyl (C=O) groups excluding carboxylic acids is 2. The number of amides is 2. The molecule has 0 aromatic heterocycles. The van der Waals surface area contributed by atoms with Crippen LogP contribution in [0.25, 0.3) is 0 Å². The molecule has 6 nitrogen and oxygen atoms in total. The minimum absolute atomic E-state index is 0.0372. The Morgan fingerprint density at radius 2 is 1.55 bits per heavy atom. The van der Waals surface area contributed by atoms with E-state index < -0.39 is 6.04 Å². The Hall–Kier alpha value is -3.80. The molecule has 224 valence electrons. The zero-order valence-corrected chi connectivity index (χ0v) is 25.4. The van der Waals surface area contributed by atoms with Crippen molar-refractivity contribution < 1.29 is 19.1 Å². The summed E-state index contributed by atoms with van der Waals surface area (Å²) >= 11 is 0. The summed E-state index contributed by atoms with van der Waals surface area (Å²) < 4.78 is 11.5. The SMILES string of the molecule is CCOc1ccc(CCC(=O)N(Cc2ccccc2C)[C@@H](Cc2ccccc2)C(=O)NC2CCCCC2)cc1OCC. The lowest BCUT2D eigenvalue weighted by Crippen LogP contribution is -2.53. The molecule has 0 saturated heterocycles. The topological polar surface area (TPSA) is 67.9 Å². The molecule has 1 aliphatic rings. The van der Waals surface area contributed by atoms with Gasteiger partial charge in [0.05, 0.1) is 13.2 Å². The summed E-state index contributed by atoms with van der Waals surface area (Å²) in [6.45, 7) is 7.42. The first-order valence-corrected chi connectivity index (χ1v) is 15.5. The van der Waals surface area contributed by atoms with Crippen LogP contribution in [0.1, 0.15) is 74.6 Å². The van der Waals surface area contributed by atoms with Gasteiger partial charge >= 0.3 is 0 Å². The fourth-order valence-corrected chi connectivity index (χ4v) is 5.72. The number of benzene rings is 3. The summed E-state index contributed by atoms with van der Waals surface area (Å²) in [5.74, 6) is 1.30. The fourth-order valence-electron chi connectivity index (χ4n) is 5.72. The molecule has 1 atom stereocenters. The molecule has 0 spiro atoms. The highest BCUT2D eigenvalue weighted by molar-refractivity contribution is 5.88. The summed E-state index contributed by atoms with van der Waals surface area (Å²) in [6.07, 6.45) is 6.76. The Kier molecular flexibility index (Phi) is 11.9. The molecule has 0 unspecified atom stereocenters. The highest BCUT2D eigenvalue weighted by atomic mass is 16.5. The smallest absolute Gasteiger partial charge is 0.243 e. The Bertz CT molecular complexity index is 1290. The number of nitrogens with one attached hydrogen (secondary N) is 1. The molecule has 6 heteroatoms. The first-order chi connectivity index (χ1) is 20.5. The van der Waals surface area contributed by atoms with E-state index >= 15 is 0 Å². The van der Waals surface area contributed by atoms with Gasteiger partial charge in [0.2, 0.25) is 11.8 Å². The zero-order chi connectivity index (χ0) is 29.7. The van der Waals surface area contributed by atoms with Crippen LogP contribution in [0.15, 0.2) is 72.8 Å². The van der Waals surface area contributed by atoms with Crippen molar-refractivity contribution in [2.75, 3.05) is 13.2 Å². The Morgan fingerprint density at radius 1 is 0.857 bits per heavy atom. The van der Waals surface area contributed by atoms with E-state index in [-0.39, 0.29) is 24.3 Å². The normalized spacial score (nSPS) is 14.2. The maximum absolute atomic E-state index is 14.1. The maximum atomic E-state index is 14.1. The largest absolute Gasteiger partial charge is 0.490 e. The number of nitrogens with zero attached hydrogens (tertiary/aromatic N) is 1. The summed E-state index contributed by atoms with van der Waals surface area (Å²) in [4.78, 5) is 29.9. The molecule has 4 rings (SSSR count). The molecule has 3 aromatic rings. The van der Waals surface area contributed by atoms with Gasteiger partial charge in [-0.3, -0.25) is 9.59 Å². The highest BCUT2D eigenvalue weighted by Crippen LogP contribution is 2.29. The summed E-state index contributed by atoms with van der Waals surface area (Å²) in [5, 5.41) is 3.33. The molecule has 0 radical (unpaired) electrons. The van der Waals surface area contributed by atoms with Crippen molar-refractivity contribution in [3.05, 3.63) is 95.1 Å².